The quantitative estimate of drug-likeness (QED) is 0.652. The number of nitrogens with zero attached hydrogens (tertiary/aromatic N) is 2. The van der Waals surface area contributed by atoms with Crippen LogP contribution >= 0.6 is 11.6 Å². The third-order valence-corrected chi connectivity index (χ3v) is 4.51. The lowest BCUT2D eigenvalue weighted by Crippen LogP contribution is -2.25. The van der Waals surface area contributed by atoms with Crippen molar-refractivity contribution >= 4 is 11.6 Å². The lowest BCUT2D eigenvalue weighted by Gasteiger charge is -2.09. The van der Waals surface area contributed by atoms with Gasteiger partial charge in [0.05, 0.1) is 22.5 Å². The van der Waals surface area contributed by atoms with Gasteiger partial charge >= 0.3 is 0 Å². The van der Waals surface area contributed by atoms with E-state index in [-0.39, 0.29) is 11.9 Å². The number of rotatable bonds is 7. The Labute approximate surface area is 157 Å². The molecule has 3 aromatic rings. The molecule has 0 unspecified atom stereocenters. The van der Waals surface area contributed by atoms with Crippen molar-refractivity contribution in [2.75, 3.05) is 6.54 Å². The summed E-state index contributed by atoms with van der Waals surface area (Å²) in [5.74, 6) is -0.289. The van der Waals surface area contributed by atoms with E-state index >= 15 is 0 Å². The van der Waals surface area contributed by atoms with Gasteiger partial charge in [-0.05, 0) is 36.8 Å². The minimum absolute atomic E-state index is 0.289. The van der Waals surface area contributed by atoms with Gasteiger partial charge in [-0.15, -0.1) is 0 Å². The van der Waals surface area contributed by atoms with E-state index in [9.17, 15) is 9.50 Å². The van der Waals surface area contributed by atoms with Crippen LogP contribution in [0.4, 0.5) is 4.39 Å². The Bertz CT molecular complexity index is 864. The monoisotopic (exact) mass is 373 g/mol. The number of halogens is 2. The molecule has 3 rings (SSSR count). The highest BCUT2D eigenvalue weighted by molar-refractivity contribution is 6.33. The predicted octanol–water partition coefficient (Wildman–Crippen LogP) is 4.19. The molecule has 26 heavy (non-hydrogen) atoms. The van der Waals surface area contributed by atoms with Gasteiger partial charge in [0.1, 0.15) is 5.82 Å². The topological polar surface area (TPSA) is 50.1 Å². The van der Waals surface area contributed by atoms with Crippen molar-refractivity contribution in [1.82, 2.24) is 15.1 Å². The molecule has 1 atom stereocenters. The first kappa shape index (κ1) is 18.6. The molecular weight excluding hydrogens is 353 g/mol. The molecule has 0 saturated heterocycles. The molecule has 136 valence electrons. The number of benzene rings is 2. The van der Waals surface area contributed by atoms with Gasteiger partial charge < -0.3 is 10.4 Å². The van der Waals surface area contributed by atoms with E-state index in [1.165, 1.54) is 12.1 Å². The number of hydrogen-bond acceptors (Lipinski definition) is 3. The predicted molar refractivity (Wildman–Crippen MR) is 102 cm³/mol. The third-order valence-electron chi connectivity index (χ3n) is 4.18. The molecular formula is C20H21ClFN3O. The third kappa shape index (κ3) is 4.30. The second-order valence-electron chi connectivity index (χ2n) is 6.10. The van der Waals surface area contributed by atoms with E-state index in [1.807, 2.05) is 37.4 Å². The number of nitrogens with one attached hydrogen (secondary N) is 1. The van der Waals surface area contributed by atoms with Crippen molar-refractivity contribution in [3.8, 4) is 16.9 Å². The molecule has 2 N–H and O–H groups in total. The van der Waals surface area contributed by atoms with Crippen LogP contribution in [-0.2, 0) is 6.54 Å². The summed E-state index contributed by atoms with van der Waals surface area (Å²) in [6.45, 7) is 2.98. The van der Waals surface area contributed by atoms with Gasteiger partial charge in [-0.25, -0.2) is 9.07 Å². The number of aliphatic hydroxyl groups excluding tert-OH is 1. The van der Waals surface area contributed by atoms with Crippen molar-refractivity contribution in [2.45, 2.75) is 26.0 Å². The fourth-order valence-corrected chi connectivity index (χ4v) is 2.89. The largest absolute Gasteiger partial charge is 0.392 e. The van der Waals surface area contributed by atoms with Gasteiger partial charge in [0.15, 0.2) is 0 Å². The molecule has 4 nitrogen and oxygen atoms in total. The fraction of sp³-hybridized carbons (Fsp3) is 0.250. The Morgan fingerprint density at radius 1 is 1.19 bits per heavy atom. The average Bonchev–Trinajstić information content (AvgIpc) is 3.06. The smallest absolute Gasteiger partial charge is 0.123 e. The zero-order valence-electron chi connectivity index (χ0n) is 14.5. The Morgan fingerprint density at radius 3 is 2.62 bits per heavy atom. The van der Waals surface area contributed by atoms with E-state index in [0.717, 1.165) is 22.5 Å². The molecule has 0 aliphatic carbocycles. The zero-order valence-corrected chi connectivity index (χ0v) is 15.2. The Kier molecular flexibility index (Phi) is 6.04. The first-order valence-corrected chi connectivity index (χ1v) is 8.94. The molecule has 0 amide bonds. The van der Waals surface area contributed by atoms with Crippen LogP contribution in [0.3, 0.4) is 0 Å². The summed E-state index contributed by atoms with van der Waals surface area (Å²) in [7, 11) is 0. The van der Waals surface area contributed by atoms with E-state index in [4.69, 9.17) is 11.6 Å². The van der Waals surface area contributed by atoms with Crippen molar-refractivity contribution in [2.24, 2.45) is 0 Å². The van der Waals surface area contributed by atoms with Gasteiger partial charge in [-0.3, -0.25) is 0 Å². The lowest BCUT2D eigenvalue weighted by molar-refractivity contribution is 0.167. The molecule has 1 heterocycles. The van der Waals surface area contributed by atoms with E-state index in [2.05, 4.69) is 10.4 Å². The second-order valence-corrected chi connectivity index (χ2v) is 6.50. The van der Waals surface area contributed by atoms with Gasteiger partial charge in [0.25, 0.3) is 0 Å². The van der Waals surface area contributed by atoms with Crippen LogP contribution in [0.5, 0.6) is 0 Å². The van der Waals surface area contributed by atoms with Crippen LogP contribution in [0, 0.1) is 5.82 Å². The molecule has 0 spiro atoms. The van der Waals surface area contributed by atoms with Gasteiger partial charge in [0.2, 0.25) is 0 Å². The standard InChI is InChI=1S/C20H21ClFN3O/c1-2-17(26)12-23-11-14-13-25(16-9-7-15(22)8-10-16)24-20(14)18-5-3-4-6-19(18)21/h3-10,13,17,23,26H,2,11-12H2,1H3/t17-/m0/s1. The van der Waals surface area contributed by atoms with Gasteiger partial charge in [-0.1, -0.05) is 36.7 Å². The number of hydrogen-bond donors (Lipinski definition) is 2. The van der Waals surface area contributed by atoms with E-state index < -0.39 is 0 Å². The molecule has 1 aromatic heterocycles. The van der Waals surface area contributed by atoms with E-state index in [0.29, 0.717) is 24.5 Å². The Balaban J connectivity index is 1.94. The maximum atomic E-state index is 13.2. The molecule has 2 aromatic carbocycles. The van der Waals surface area contributed by atoms with Crippen molar-refractivity contribution in [3.63, 3.8) is 0 Å². The normalized spacial score (nSPS) is 12.3. The highest BCUT2D eigenvalue weighted by Gasteiger charge is 2.15. The summed E-state index contributed by atoms with van der Waals surface area (Å²) in [4.78, 5) is 0. The molecule has 0 aliphatic rings. The molecule has 6 heteroatoms. The van der Waals surface area contributed by atoms with Crippen LogP contribution in [0.25, 0.3) is 16.9 Å². The minimum Gasteiger partial charge on any atom is -0.392 e. The van der Waals surface area contributed by atoms with Crippen molar-refractivity contribution < 1.29 is 9.50 Å². The van der Waals surface area contributed by atoms with E-state index in [1.54, 1.807) is 16.8 Å². The minimum atomic E-state index is -0.383. The SMILES string of the molecule is CC[C@H](O)CNCc1cn(-c2ccc(F)cc2)nc1-c1ccccc1Cl. The van der Waals surface area contributed by atoms with Crippen LogP contribution < -0.4 is 5.32 Å². The fourth-order valence-electron chi connectivity index (χ4n) is 2.66. The first-order chi connectivity index (χ1) is 12.6. The first-order valence-electron chi connectivity index (χ1n) is 8.56. The lowest BCUT2D eigenvalue weighted by atomic mass is 10.1. The summed E-state index contributed by atoms with van der Waals surface area (Å²) in [6, 6.07) is 13.7. The summed E-state index contributed by atoms with van der Waals surface area (Å²) < 4.78 is 14.9. The highest BCUT2D eigenvalue weighted by atomic mass is 35.5. The summed E-state index contributed by atoms with van der Waals surface area (Å²) in [5, 5.41) is 18.3. The van der Waals surface area contributed by atoms with Crippen molar-refractivity contribution in [1.29, 1.82) is 0 Å². The highest BCUT2D eigenvalue weighted by Crippen LogP contribution is 2.30. The summed E-state index contributed by atoms with van der Waals surface area (Å²) >= 11 is 6.35. The number of aromatic nitrogens is 2. The van der Waals surface area contributed by atoms with Crippen LogP contribution in [0.1, 0.15) is 18.9 Å². The van der Waals surface area contributed by atoms with Crippen LogP contribution in [0.2, 0.25) is 5.02 Å². The maximum absolute atomic E-state index is 13.2. The van der Waals surface area contributed by atoms with Gasteiger partial charge in [0, 0.05) is 30.4 Å². The molecule has 0 radical (unpaired) electrons. The Morgan fingerprint density at radius 2 is 1.92 bits per heavy atom. The number of aliphatic hydroxyl groups is 1. The molecule has 0 saturated carbocycles. The zero-order chi connectivity index (χ0) is 18.5. The average molecular weight is 374 g/mol. The summed E-state index contributed by atoms with van der Waals surface area (Å²) in [6.07, 6.45) is 2.21. The second kappa shape index (κ2) is 8.45. The summed E-state index contributed by atoms with van der Waals surface area (Å²) in [5.41, 5.74) is 3.31. The molecule has 0 bridgehead atoms. The van der Waals surface area contributed by atoms with Crippen LogP contribution in [0.15, 0.2) is 54.7 Å². The molecule has 0 aliphatic heterocycles. The maximum Gasteiger partial charge on any atom is 0.123 e. The van der Waals surface area contributed by atoms with Crippen LogP contribution in [-0.4, -0.2) is 27.5 Å². The Hall–Kier alpha value is -2.21. The van der Waals surface area contributed by atoms with Crippen molar-refractivity contribution in [3.05, 3.63) is 71.1 Å². The molecule has 0 fully saturated rings. The van der Waals surface area contributed by atoms with Gasteiger partial charge in [-0.2, -0.15) is 5.10 Å².